The molecule has 2 N–H and O–H groups in total. The molecule has 5 heteroatoms. The van der Waals surface area contributed by atoms with Crippen LogP contribution in [0.15, 0.2) is 59.8 Å². The van der Waals surface area contributed by atoms with Crippen molar-refractivity contribution in [2.24, 2.45) is 5.16 Å². The van der Waals surface area contributed by atoms with E-state index in [1.807, 2.05) is 54.6 Å². The molecule has 1 amide bonds. The summed E-state index contributed by atoms with van der Waals surface area (Å²) in [5.41, 5.74) is 2.44. The Balaban J connectivity index is 1.72. The molecule has 0 aromatic heterocycles. The van der Waals surface area contributed by atoms with Gasteiger partial charge in [0.15, 0.2) is 0 Å². The molecule has 2 aromatic rings. The third-order valence-electron chi connectivity index (χ3n) is 3.11. The Hall–Kier alpha value is -3.26. The van der Waals surface area contributed by atoms with Gasteiger partial charge >= 0.3 is 6.09 Å². The molecular weight excluding hydrogens is 304 g/mol. The van der Waals surface area contributed by atoms with E-state index >= 15 is 0 Å². The van der Waals surface area contributed by atoms with Crippen LogP contribution in [-0.4, -0.2) is 24.1 Å². The normalized spacial score (nSPS) is 10.0. The average Bonchev–Trinajstić information content (AvgIpc) is 2.62. The number of oxime groups is 1. The predicted octanol–water partition coefficient (Wildman–Crippen LogP) is 3.16. The van der Waals surface area contributed by atoms with E-state index in [0.29, 0.717) is 13.0 Å². The molecule has 0 saturated carbocycles. The molecule has 0 aliphatic heterocycles. The van der Waals surface area contributed by atoms with Crippen molar-refractivity contribution in [1.82, 2.24) is 5.32 Å². The van der Waals surface area contributed by atoms with Crippen molar-refractivity contribution >= 4 is 12.3 Å². The minimum atomic E-state index is -0.464. The lowest BCUT2D eigenvalue weighted by molar-refractivity contribution is 0.140. The summed E-state index contributed by atoms with van der Waals surface area (Å²) in [5.74, 6) is 5.95. The summed E-state index contributed by atoms with van der Waals surface area (Å²) in [7, 11) is 0. The molecule has 0 atom stereocenters. The van der Waals surface area contributed by atoms with Gasteiger partial charge in [0.25, 0.3) is 0 Å². The first-order valence-electron chi connectivity index (χ1n) is 7.49. The van der Waals surface area contributed by atoms with Crippen molar-refractivity contribution in [3.8, 4) is 11.8 Å². The average molecular weight is 322 g/mol. The van der Waals surface area contributed by atoms with Crippen LogP contribution in [0.3, 0.4) is 0 Å². The van der Waals surface area contributed by atoms with Gasteiger partial charge in [0, 0.05) is 24.1 Å². The lowest BCUT2D eigenvalue weighted by Crippen LogP contribution is -2.24. The smallest absolute Gasteiger partial charge is 0.407 e. The molecule has 0 spiro atoms. The topological polar surface area (TPSA) is 70.9 Å². The Morgan fingerprint density at radius 1 is 1.17 bits per heavy atom. The number of nitrogens with one attached hydrogen (secondary N) is 1. The van der Waals surface area contributed by atoms with Crippen molar-refractivity contribution in [1.29, 1.82) is 0 Å². The minimum absolute atomic E-state index is 0.242. The van der Waals surface area contributed by atoms with E-state index in [0.717, 1.165) is 16.7 Å². The molecule has 0 fully saturated rings. The minimum Gasteiger partial charge on any atom is -0.445 e. The van der Waals surface area contributed by atoms with Crippen LogP contribution in [0.1, 0.15) is 23.1 Å². The maximum Gasteiger partial charge on any atom is 0.407 e. The first-order chi connectivity index (χ1) is 11.8. The third-order valence-corrected chi connectivity index (χ3v) is 3.11. The predicted molar refractivity (Wildman–Crippen MR) is 91.9 cm³/mol. The summed E-state index contributed by atoms with van der Waals surface area (Å²) in [6.07, 6.45) is 1.36. The van der Waals surface area contributed by atoms with Gasteiger partial charge in [-0.25, -0.2) is 4.79 Å². The lowest BCUT2D eigenvalue weighted by atomic mass is 10.1. The highest BCUT2D eigenvalue weighted by Crippen LogP contribution is 2.04. The second-order valence-electron chi connectivity index (χ2n) is 4.87. The summed E-state index contributed by atoms with van der Waals surface area (Å²) >= 11 is 0. The van der Waals surface area contributed by atoms with Gasteiger partial charge < -0.3 is 15.3 Å². The number of alkyl carbamates (subject to hydrolysis) is 1. The zero-order chi connectivity index (χ0) is 17.0. The van der Waals surface area contributed by atoms with Gasteiger partial charge in [-0.2, -0.15) is 0 Å². The van der Waals surface area contributed by atoms with Gasteiger partial charge in [0.05, 0.1) is 6.21 Å². The SMILES string of the molecule is O=C(NCCC#Cc1ccccc1C=NO)OCc1ccccc1. The Kier molecular flexibility index (Phi) is 6.91. The second kappa shape index (κ2) is 9.70. The van der Waals surface area contributed by atoms with Crippen molar-refractivity contribution in [3.05, 3.63) is 71.3 Å². The Morgan fingerprint density at radius 3 is 2.71 bits per heavy atom. The summed E-state index contributed by atoms with van der Waals surface area (Å²) in [5, 5.41) is 14.3. The number of amides is 1. The molecule has 0 radical (unpaired) electrons. The van der Waals surface area contributed by atoms with Crippen LogP contribution in [0.4, 0.5) is 4.79 Å². The Bertz CT molecular complexity index is 746. The number of ether oxygens (including phenoxy) is 1. The summed E-state index contributed by atoms with van der Waals surface area (Å²) < 4.78 is 5.10. The number of hydrogen-bond acceptors (Lipinski definition) is 4. The monoisotopic (exact) mass is 322 g/mol. The summed E-state index contributed by atoms with van der Waals surface area (Å²) in [4.78, 5) is 11.6. The van der Waals surface area contributed by atoms with Crippen molar-refractivity contribution in [2.45, 2.75) is 13.0 Å². The van der Waals surface area contributed by atoms with Crippen LogP contribution in [0.5, 0.6) is 0 Å². The zero-order valence-electron chi connectivity index (χ0n) is 13.1. The van der Waals surface area contributed by atoms with Gasteiger partial charge in [0.2, 0.25) is 0 Å². The number of carbonyl (C=O) groups is 1. The highest BCUT2D eigenvalue weighted by Gasteiger charge is 2.00. The van der Waals surface area contributed by atoms with Crippen LogP contribution >= 0.6 is 0 Å². The summed E-state index contributed by atoms with van der Waals surface area (Å²) in [6.45, 7) is 0.642. The Morgan fingerprint density at radius 2 is 1.92 bits per heavy atom. The van der Waals surface area contributed by atoms with E-state index in [4.69, 9.17) is 9.94 Å². The maximum absolute atomic E-state index is 11.6. The molecule has 0 heterocycles. The van der Waals surface area contributed by atoms with Crippen LogP contribution in [0.2, 0.25) is 0 Å². The number of hydrogen-bond donors (Lipinski definition) is 2. The fourth-order valence-electron chi connectivity index (χ4n) is 1.94. The van der Waals surface area contributed by atoms with Gasteiger partial charge in [-0.15, -0.1) is 0 Å². The highest BCUT2D eigenvalue weighted by atomic mass is 16.5. The van der Waals surface area contributed by atoms with Crippen molar-refractivity contribution in [3.63, 3.8) is 0 Å². The molecule has 0 aliphatic rings. The van der Waals surface area contributed by atoms with E-state index in [1.165, 1.54) is 6.21 Å². The van der Waals surface area contributed by atoms with Gasteiger partial charge in [-0.05, 0) is 11.6 Å². The largest absolute Gasteiger partial charge is 0.445 e. The van der Waals surface area contributed by atoms with Gasteiger partial charge in [-0.1, -0.05) is 65.5 Å². The molecule has 0 bridgehead atoms. The molecule has 2 rings (SSSR count). The molecule has 0 saturated heterocycles. The van der Waals surface area contributed by atoms with Crippen LogP contribution in [0.25, 0.3) is 0 Å². The zero-order valence-corrected chi connectivity index (χ0v) is 13.1. The van der Waals surface area contributed by atoms with Crippen LogP contribution in [0, 0.1) is 11.8 Å². The number of rotatable bonds is 5. The van der Waals surface area contributed by atoms with E-state index in [9.17, 15) is 4.79 Å². The second-order valence-corrected chi connectivity index (χ2v) is 4.87. The fraction of sp³-hybridized carbons (Fsp3) is 0.158. The Labute approximate surface area is 141 Å². The molecular formula is C19H18N2O3. The van der Waals surface area contributed by atoms with Gasteiger partial charge in [0.1, 0.15) is 6.61 Å². The van der Waals surface area contributed by atoms with E-state index < -0.39 is 6.09 Å². The molecule has 24 heavy (non-hydrogen) atoms. The molecule has 5 nitrogen and oxygen atoms in total. The number of benzene rings is 2. The summed E-state index contributed by atoms with van der Waals surface area (Å²) in [6, 6.07) is 16.8. The third kappa shape index (κ3) is 5.85. The van der Waals surface area contributed by atoms with Crippen molar-refractivity contribution in [2.75, 3.05) is 6.54 Å². The first kappa shape index (κ1) is 17.1. The van der Waals surface area contributed by atoms with Gasteiger partial charge in [-0.3, -0.25) is 0 Å². The van der Waals surface area contributed by atoms with Crippen LogP contribution < -0.4 is 5.32 Å². The first-order valence-corrected chi connectivity index (χ1v) is 7.49. The molecule has 2 aromatic carbocycles. The number of nitrogens with zero attached hydrogens (tertiary/aromatic N) is 1. The van der Waals surface area contributed by atoms with E-state index in [1.54, 1.807) is 0 Å². The lowest BCUT2D eigenvalue weighted by Gasteiger charge is -2.05. The maximum atomic E-state index is 11.6. The quantitative estimate of drug-likeness (QED) is 0.292. The number of carbonyl (C=O) groups excluding carboxylic acids is 1. The standard InChI is InChI=1S/C19H18N2O3/c22-19(24-15-16-8-2-1-3-9-16)20-13-7-6-11-17-10-4-5-12-18(17)14-21-23/h1-5,8-10,12,14,23H,7,13,15H2,(H,20,22). The highest BCUT2D eigenvalue weighted by molar-refractivity contribution is 5.83. The fourth-order valence-corrected chi connectivity index (χ4v) is 1.94. The molecule has 122 valence electrons. The van der Waals surface area contributed by atoms with E-state index in [-0.39, 0.29) is 6.61 Å². The molecule has 0 unspecified atom stereocenters. The van der Waals surface area contributed by atoms with Crippen molar-refractivity contribution < 1.29 is 14.7 Å². The molecule has 0 aliphatic carbocycles. The van der Waals surface area contributed by atoms with Crippen LogP contribution in [-0.2, 0) is 11.3 Å². The van der Waals surface area contributed by atoms with E-state index in [2.05, 4.69) is 22.3 Å².